The van der Waals surface area contributed by atoms with Gasteiger partial charge in [-0.05, 0) is 26.0 Å². The minimum atomic E-state index is -0.726. The monoisotopic (exact) mass is 294 g/mol. The van der Waals surface area contributed by atoms with Crippen LogP contribution >= 0.6 is 0 Å². The molecule has 1 aromatic carbocycles. The molecule has 0 fully saturated rings. The van der Waals surface area contributed by atoms with Crippen molar-refractivity contribution in [2.24, 2.45) is 0 Å². The Bertz CT molecular complexity index is 644. The number of nitrogens with one attached hydrogen (secondary N) is 1. The fraction of sp³-hybridized carbons (Fsp3) is 0.385. The van der Waals surface area contributed by atoms with Crippen LogP contribution < -0.4 is 5.32 Å². The van der Waals surface area contributed by atoms with Crippen LogP contribution in [0.1, 0.15) is 32.2 Å². The van der Waals surface area contributed by atoms with Gasteiger partial charge in [-0.1, -0.05) is 6.92 Å². The van der Waals surface area contributed by atoms with E-state index in [-0.39, 0.29) is 23.2 Å². The van der Waals surface area contributed by atoms with Gasteiger partial charge in [0.05, 0.1) is 17.0 Å². The van der Waals surface area contributed by atoms with Crippen molar-refractivity contribution in [3.8, 4) is 11.5 Å². The number of non-ortho nitro benzene ring substituents is 1. The molecule has 0 saturated carbocycles. The molecule has 0 spiro atoms. The second kappa shape index (κ2) is 6.40. The first kappa shape index (κ1) is 15.0. The van der Waals surface area contributed by atoms with E-state index in [2.05, 4.69) is 15.5 Å². The van der Waals surface area contributed by atoms with Crippen LogP contribution in [0.4, 0.5) is 10.1 Å². The van der Waals surface area contributed by atoms with Gasteiger partial charge in [0.15, 0.2) is 0 Å². The molecule has 0 bridgehead atoms. The van der Waals surface area contributed by atoms with Crippen molar-refractivity contribution >= 4 is 5.69 Å². The Morgan fingerprint density at radius 3 is 2.86 bits per heavy atom. The number of aromatic nitrogens is 2. The van der Waals surface area contributed by atoms with Gasteiger partial charge in [0.2, 0.25) is 11.8 Å². The van der Waals surface area contributed by atoms with Crippen molar-refractivity contribution in [2.45, 2.75) is 26.3 Å². The zero-order valence-electron chi connectivity index (χ0n) is 11.7. The van der Waals surface area contributed by atoms with Crippen LogP contribution in [-0.4, -0.2) is 21.7 Å². The number of nitro benzene ring substituents is 1. The average molecular weight is 294 g/mol. The first-order valence-electron chi connectivity index (χ1n) is 6.53. The highest BCUT2D eigenvalue weighted by atomic mass is 19.1. The lowest BCUT2D eigenvalue weighted by Gasteiger charge is -2.07. The summed E-state index contributed by atoms with van der Waals surface area (Å²) in [7, 11) is 0. The fourth-order valence-corrected chi connectivity index (χ4v) is 1.78. The highest BCUT2D eigenvalue weighted by Crippen LogP contribution is 2.25. The van der Waals surface area contributed by atoms with E-state index in [9.17, 15) is 14.5 Å². The summed E-state index contributed by atoms with van der Waals surface area (Å²) >= 11 is 0. The molecule has 1 atom stereocenters. The standard InChI is InChI=1S/C13H15FN4O3/c1-3-4-15-8(2)12-16-17-13(21-12)9-5-10(14)7-11(6-9)18(19)20/h5-8,15H,3-4H2,1-2H3. The summed E-state index contributed by atoms with van der Waals surface area (Å²) in [4.78, 5) is 10.1. The Morgan fingerprint density at radius 1 is 1.43 bits per heavy atom. The third kappa shape index (κ3) is 3.60. The van der Waals surface area contributed by atoms with Crippen molar-refractivity contribution in [3.05, 3.63) is 40.0 Å². The van der Waals surface area contributed by atoms with E-state index in [0.717, 1.165) is 25.1 Å². The molecular weight excluding hydrogens is 279 g/mol. The van der Waals surface area contributed by atoms with Crippen molar-refractivity contribution in [3.63, 3.8) is 0 Å². The van der Waals surface area contributed by atoms with Gasteiger partial charge in [0.25, 0.3) is 5.69 Å². The SMILES string of the molecule is CCCNC(C)c1nnc(-c2cc(F)cc([N+](=O)[O-])c2)o1. The fourth-order valence-electron chi connectivity index (χ4n) is 1.78. The predicted molar refractivity (Wildman–Crippen MR) is 73.1 cm³/mol. The Hall–Kier alpha value is -2.35. The Labute approximate surface area is 120 Å². The van der Waals surface area contributed by atoms with Crippen molar-refractivity contribution in [2.75, 3.05) is 6.54 Å². The molecule has 1 N–H and O–H groups in total. The largest absolute Gasteiger partial charge is 0.419 e. The van der Waals surface area contributed by atoms with Gasteiger partial charge in [-0.25, -0.2) is 4.39 Å². The maximum Gasteiger partial charge on any atom is 0.273 e. The van der Waals surface area contributed by atoms with Gasteiger partial charge in [-0.3, -0.25) is 10.1 Å². The Morgan fingerprint density at radius 2 is 2.19 bits per heavy atom. The van der Waals surface area contributed by atoms with E-state index in [4.69, 9.17) is 4.42 Å². The van der Waals surface area contributed by atoms with Crippen LogP contribution in [0, 0.1) is 15.9 Å². The molecule has 0 aliphatic carbocycles. The minimum absolute atomic E-state index is 0.0535. The summed E-state index contributed by atoms with van der Waals surface area (Å²) in [6.45, 7) is 4.69. The first-order chi connectivity index (χ1) is 10.0. The van der Waals surface area contributed by atoms with Crippen LogP contribution in [0.25, 0.3) is 11.5 Å². The molecule has 2 rings (SSSR count). The molecule has 8 heteroatoms. The molecule has 1 unspecified atom stereocenters. The zero-order valence-corrected chi connectivity index (χ0v) is 11.7. The predicted octanol–water partition coefficient (Wildman–Crippen LogP) is 2.84. The molecule has 0 saturated heterocycles. The molecule has 0 aliphatic heterocycles. The van der Waals surface area contributed by atoms with Crippen molar-refractivity contribution in [1.82, 2.24) is 15.5 Å². The highest BCUT2D eigenvalue weighted by Gasteiger charge is 2.17. The molecule has 0 amide bonds. The third-order valence-corrected chi connectivity index (χ3v) is 2.85. The Balaban J connectivity index is 2.27. The summed E-state index contributed by atoms with van der Waals surface area (Å²) < 4.78 is 18.8. The molecule has 7 nitrogen and oxygen atoms in total. The van der Waals surface area contributed by atoms with Gasteiger partial charge >= 0.3 is 0 Å². The van der Waals surface area contributed by atoms with Gasteiger partial charge in [0.1, 0.15) is 5.82 Å². The lowest BCUT2D eigenvalue weighted by Crippen LogP contribution is -2.19. The number of hydrogen-bond donors (Lipinski definition) is 1. The van der Waals surface area contributed by atoms with E-state index in [1.165, 1.54) is 6.07 Å². The van der Waals surface area contributed by atoms with E-state index in [0.29, 0.717) is 5.89 Å². The van der Waals surface area contributed by atoms with E-state index >= 15 is 0 Å². The molecule has 2 aromatic rings. The average Bonchev–Trinajstić information content (AvgIpc) is 2.94. The van der Waals surface area contributed by atoms with E-state index < -0.39 is 10.7 Å². The summed E-state index contributed by atoms with van der Waals surface area (Å²) in [5.41, 5.74) is -0.176. The smallest absolute Gasteiger partial charge is 0.273 e. The minimum Gasteiger partial charge on any atom is -0.419 e. The van der Waals surface area contributed by atoms with Gasteiger partial charge in [-0.15, -0.1) is 10.2 Å². The molecule has 0 aliphatic rings. The Kier molecular flexibility index (Phi) is 4.59. The molecule has 1 heterocycles. The number of nitro groups is 1. The molecule has 0 radical (unpaired) electrons. The lowest BCUT2D eigenvalue weighted by molar-refractivity contribution is -0.385. The van der Waals surface area contributed by atoms with Crippen LogP contribution in [0.2, 0.25) is 0 Å². The van der Waals surface area contributed by atoms with Gasteiger partial charge in [-0.2, -0.15) is 0 Å². The lowest BCUT2D eigenvalue weighted by atomic mass is 10.2. The second-order valence-corrected chi connectivity index (χ2v) is 4.58. The molecule has 21 heavy (non-hydrogen) atoms. The van der Waals surface area contributed by atoms with Crippen LogP contribution in [0.15, 0.2) is 22.6 Å². The summed E-state index contributed by atoms with van der Waals surface area (Å²) in [5, 5.41) is 21.6. The van der Waals surface area contributed by atoms with Crippen molar-refractivity contribution < 1.29 is 13.7 Å². The first-order valence-corrected chi connectivity index (χ1v) is 6.53. The third-order valence-electron chi connectivity index (χ3n) is 2.85. The quantitative estimate of drug-likeness (QED) is 0.650. The molecule has 112 valence electrons. The van der Waals surface area contributed by atoms with Crippen LogP contribution in [0.3, 0.4) is 0 Å². The number of benzene rings is 1. The van der Waals surface area contributed by atoms with Crippen molar-refractivity contribution in [1.29, 1.82) is 0 Å². The number of nitrogens with zero attached hydrogens (tertiary/aromatic N) is 3. The summed E-state index contributed by atoms with van der Waals surface area (Å²) in [5.74, 6) is -0.320. The number of halogens is 1. The van der Waals surface area contributed by atoms with Gasteiger partial charge in [0, 0.05) is 11.6 Å². The maximum absolute atomic E-state index is 13.4. The second-order valence-electron chi connectivity index (χ2n) is 4.58. The molecular formula is C13H15FN4O3. The number of hydrogen-bond acceptors (Lipinski definition) is 6. The summed E-state index contributed by atoms with van der Waals surface area (Å²) in [6, 6.07) is 3.01. The molecule has 1 aromatic heterocycles. The van der Waals surface area contributed by atoms with E-state index in [1.54, 1.807) is 0 Å². The normalized spacial score (nSPS) is 12.3. The number of rotatable bonds is 6. The topological polar surface area (TPSA) is 94.1 Å². The zero-order chi connectivity index (χ0) is 15.4. The maximum atomic E-state index is 13.4. The van der Waals surface area contributed by atoms with Crippen LogP contribution in [-0.2, 0) is 0 Å². The van der Waals surface area contributed by atoms with E-state index in [1.807, 2.05) is 13.8 Å². The van der Waals surface area contributed by atoms with Gasteiger partial charge < -0.3 is 9.73 Å². The summed E-state index contributed by atoms with van der Waals surface area (Å²) in [6.07, 6.45) is 0.960. The van der Waals surface area contributed by atoms with Crippen LogP contribution in [0.5, 0.6) is 0 Å². The highest BCUT2D eigenvalue weighted by molar-refractivity contribution is 5.57.